The van der Waals surface area contributed by atoms with Crippen LogP contribution in [0.4, 0.5) is 0 Å². The lowest BCUT2D eigenvalue weighted by Crippen LogP contribution is -2.12. The van der Waals surface area contributed by atoms with Gasteiger partial charge in [0, 0.05) is 30.1 Å². The maximum Gasteiger partial charge on any atom is 0.182 e. The summed E-state index contributed by atoms with van der Waals surface area (Å²) in [5.74, 6) is 0.502. The van der Waals surface area contributed by atoms with Crippen LogP contribution in [0.1, 0.15) is 35.7 Å². The van der Waals surface area contributed by atoms with E-state index in [1.54, 1.807) is 17.0 Å². The Morgan fingerprint density at radius 1 is 1.05 bits per heavy atom. The first-order valence-corrected chi connectivity index (χ1v) is 6.35. The quantitative estimate of drug-likeness (QED) is 0.788. The monoisotopic (exact) mass is 255 g/mol. The normalized spacial score (nSPS) is 10.7. The van der Waals surface area contributed by atoms with Crippen molar-refractivity contribution in [3.05, 3.63) is 70.1 Å². The summed E-state index contributed by atoms with van der Waals surface area (Å²) in [6.45, 7) is 4.50. The van der Waals surface area contributed by atoms with E-state index in [4.69, 9.17) is 0 Å². The molecule has 3 nitrogen and oxygen atoms in total. The van der Waals surface area contributed by atoms with Gasteiger partial charge in [-0.15, -0.1) is 0 Å². The largest absolute Gasteiger partial charge is 0.346 e. The molecule has 2 rings (SSSR count). The molecule has 1 aromatic heterocycles. The van der Waals surface area contributed by atoms with Crippen LogP contribution < -0.4 is 5.43 Å². The van der Waals surface area contributed by atoms with Crippen LogP contribution in [-0.4, -0.2) is 10.4 Å². The predicted octanol–water partition coefficient (Wildman–Crippen LogP) is 2.85. The molecule has 0 fully saturated rings. The third-order valence-electron chi connectivity index (χ3n) is 3.09. The second kappa shape index (κ2) is 5.65. The van der Waals surface area contributed by atoms with Gasteiger partial charge < -0.3 is 4.57 Å². The van der Waals surface area contributed by atoms with Gasteiger partial charge in [0.2, 0.25) is 0 Å². The topological polar surface area (TPSA) is 39.1 Å². The molecule has 0 radical (unpaired) electrons. The van der Waals surface area contributed by atoms with Gasteiger partial charge in [-0.1, -0.05) is 38.1 Å². The summed E-state index contributed by atoms with van der Waals surface area (Å²) >= 11 is 0. The number of hydrogen-bond acceptors (Lipinski definition) is 2. The number of pyridine rings is 1. The summed E-state index contributed by atoms with van der Waals surface area (Å²) in [4.78, 5) is 23.1. The average Bonchev–Trinajstić information content (AvgIpc) is 2.41. The summed E-state index contributed by atoms with van der Waals surface area (Å²) in [5.41, 5.74) is 1.87. The van der Waals surface area contributed by atoms with Crippen LogP contribution in [0.3, 0.4) is 0 Å². The van der Waals surface area contributed by atoms with Crippen LogP contribution in [-0.2, 0) is 6.54 Å². The highest BCUT2D eigenvalue weighted by Gasteiger charge is 2.07. The fraction of sp³-hybridized carbons (Fsp3) is 0.250. The van der Waals surface area contributed by atoms with Crippen molar-refractivity contribution in [1.82, 2.24) is 4.57 Å². The molecule has 1 heterocycles. The van der Waals surface area contributed by atoms with Gasteiger partial charge in [-0.3, -0.25) is 9.59 Å². The van der Waals surface area contributed by atoms with Gasteiger partial charge in [-0.25, -0.2) is 0 Å². The van der Waals surface area contributed by atoms with Crippen molar-refractivity contribution in [3.63, 3.8) is 0 Å². The zero-order valence-corrected chi connectivity index (χ0v) is 11.2. The molecule has 19 heavy (non-hydrogen) atoms. The van der Waals surface area contributed by atoms with Crippen LogP contribution >= 0.6 is 0 Å². The van der Waals surface area contributed by atoms with Crippen molar-refractivity contribution in [3.8, 4) is 0 Å². The molecule has 1 aromatic carbocycles. The molecule has 0 atom stereocenters. The minimum Gasteiger partial charge on any atom is -0.346 e. The molecule has 0 N–H and O–H groups in total. The number of carbonyl (C=O) groups is 1. The fourth-order valence-electron chi connectivity index (χ4n) is 1.86. The molecule has 0 saturated heterocycles. The van der Waals surface area contributed by atoms with E-state index < -0.39 is 0 Å². The molecule has 0 unspecified atom stereocenters. The zero-order valence-electron chi connectivity index (χ0n) is 11.2. The van der Waals surface area contributed by atoms with Crippen molar-refractivity contribution >= 4 is 5.78 Å². The molecular formula is C16H17NO2. The van der Waals surface area contributed by atoms with Gasteiger partial charge in [0.1, 0.15) is 0 Å². The third-order valence-corrected chi connectivity index (χ3v) is 3.09. The van der Waals surface area contributed by atoms with Crippen molar-refractivity contribution in [2.24, 2.45) is 0 Å². The van der Waals surface area contributed by atoms with Crippen molar-refractivity contribution in [2.45, 2.75) is 26.3 Å². The molecule has 3 heteroatoms. The Morgan fingerprint density at radius 2 is 1.63 bits per heavy atom. The Morgan fingerprint density at radius 3 is 2.16 bits per heavy atom. The van der Waals surface area contributed by atoms with E-state index in [0.29, 0.717) is 11.5 Å². The Labute approximate surface area is 112 Å². The fourth-order valence-corrected chi connectivity index (χ4v) is 1.86. The Bertz CT molecular complexity index is 603. The lowest BCUT2D eigenvalue weighted by molar-refractivity contribution is 0.0972. The van der Waals surface area contributed by atoms with Gasteiger partial charge in [-0.2, -0.15) is 0 Å². The summed E-state index contributed by atoms with van der Waals surface area (Å²) in [6, 6.07) is 10.6. The maximum atomic E-state index is 12.1. The van der Waals surface area contributed by atoms with E-state index in [-0.39, 0.29) is 17.8 Å². The molecule has 0 bridgehead atoms. The zero-order chi connectivity index (χ0) is 13.8. The Hall–Kier alpha value is -2.16. The van der Waals surface area contributed by atoms with Crippen LogP contribution in [0.15, 0.2) is 53.6 Å². The van der Waals surface area contributed by atoms with Crippen molar-refractivity contribution in [2.75, 3.05) is 0 Å². The molecular weight excluding hydrogens is 238 g/mol. The van der Waals surface area contributed by atoms with Crippen LogP contribution in [0.25, 0.3) is 0 Å². The van der Waals surface area contributed by atoms with Gasteiger partial charge in [0.05, 0.1) is 6.54 Å². The lowest BCUT2D eigenvalue weighted by Gasteiger charge is -2.08. The first kappa shape index (κ1) is 13.3. The van der Waals surface area contributed by atoms with Crippen molar-refractivity contribution in [1.29, 1.82) is 0 Å². The molecule has 0 aliphatic heterocycles. The highest BCUT2D eigenvalue weighted by Crippen LogP contribution is 2.15. The van der Waals surface area contributed by atoms with E-state index in [9.17, 15) is 9.59 Å². The number of nitrogens with zero attached hydrogens (tertiary/aromatic N) is 1. The number of benzene rings is 1. The van der Waals surface area contributed by atoms with E-state index in [0.717, 1.165) is 0 Å². The number of rotatable bonds is 4. The second-order valence-electron chi connectivity index (χ2n) is 4.91. The summed E-state index contributed by atoms with van der Waals surface area (Å²) < 4.78 is 1.71. The number of hydrogen-bond donors (Lipinski definition) is 0. The highest BCUT2D eigenvalue weighted by molar-refractivity contribution is 5.95. The van der Waals surface area contributed by atoms with Crippen molar-refractivity contribution < 1.29 is 4.79 Å². The summed E-state index contributed by atoms with van der Waals surface area (Å²) in [6.07, 6.45) is 3.26. The molecule has 0 amide bonds. The first-order valence-electron chi connectivity index (χ1n) is 6.35. The van der Waals surface area contributed by atoms with Gasteiger partial charge in [0.15, 0.2) is 11.2 Å². The lowest BCUT2D eigenvalue weighted by atomic mass is 10.0. The number of ketones is 1. The van der Waals surface area contributed by atoms with Gasteiger partial charge in [-0.05, 0) is 11.5 Å². The van der Waals surface area contributed by atoms with E-state index in [2.05, 4.69) is 13.8 Å². The molecule has 0 spiro atoms. The first-order chi connectivity index (χ1) is 9.06. The summed E-state index contributed by atoms with van der Waals surface area (Å²) in [5, 5.41) is 0. The minimum atomic E-state index is -0.0509. The number of aromatic nitrogens is 1. The number of Topliss-reactive ketones (excluding diaryl/α,β-unsaturated/α-hetero) is 1. The van der Waals surface area contributed by atoms with E-state index >= 15 is 0 Å². The van der Waals surface area contributed by atoms with Crippen LogP contribution in [0, 0.1) is 0 Å². The SMILES string of the molecule is CC(C)c1ccc(C(=O)Cn2ccc(=O)cc2)cc1. The number of carbonyl (C=O) groups excluding carboxylic acids is 1. The Balaban J connectivity index is 2.11. The highest BCUT2D eigenvalue weighted by atomic mass is 16.1. The smallest absolute Gasteiger partial charge is 0.182 e. The average molecular weight is 255 g/mol. The Kier molecular flexibility index (Phi) is 3.95. The predicted molar refractivity (Wildman–Crippen MR) is 75.6 cm³/mol. The summed E-state index contributed by atoms with van der Waals surface area (Å²) in [7, 11) is 0. The molecule has 2 aromatic rings. The molecule has 0 saturated carbocycles. The molecule has 98 valence electrons. The van der Waals surface area contributed by atoms with E-state index in [1.165, 1.54) is 17.7 Å². The van der Waals surface area contributed by atoms with Gasteiger partial charge in [0.25, 0.3) is 0 Å². The standard InChI is InChI=1S/C16H17NO2/c1-12(2)13-3-5-14(6-4-13)16(19)11-17-9-7-15(18)8-10-17/h3-10,12H,11H2,1-2H3. The second-order valence-corrected chi connectivity index (χ2v) is 4.91. The van der Waals surface area contributed by atoms with E-state index in [1.807, 2.05) is 24.3 Å². The minimum absolute atomic E-state index is 0.0407. The third kappa shape index (κ3) is 3.41. The molecule has 0 aliphatic carbocycles. The molecule has 0 aliphatic rings. The maximum absolute atomic E-state index is 12.1. The van der Waals surface area contributed by atoms with Gasteiger partial charge >= 0.3 is 0 Å². The van der Waals surface area contributed by atoms with Crippen LogP contribution in [0.2, 0.25) is 0 Å². The van der Waals surface area contributed by atoms with Crippen LogP contribution in [0.5, 0.6) is 0 Å².